The molecule has 2 heterocycles. The first kappa shape index (κ1) is 10.9. The number of ether oxygens (including phenoxy) is 1. The van der Waals surface area contributed by atoms with Crippen LogP contribution >= 0.6 is 0 Å². The number of rotatable bonds is 4. The van der Waals surface area contributed by atoms with Gasteiger partial charge >= 0.3 is 0 Å². The second kappa shape index (κ2) is 4.94. The third-order valence-corrected chi connectivity index (χ3v) is 3.32. The van der Waals surface area contributed by atoms with Gasteiger partial charge in [0.15, 0.2) is 0 Å². The largest absolute Gasteiger partial charge is 0.377 e. The van der Waals surface area contributed by atoms with Crippen molar-refractivity contribution in [1.82, 2.24) is 10.6 Å². The van der Waals surface area contributed by atoms with Crippen molar-refractivity contribution in [3.63, 3.8) is 0 Å². The summed E-state index contributed by atoms with van der Waals surface area (Å²) in [5, 5.41) is 6.27. The standard InChI is InChI=1S/C11H20N2O2/c1-2-8(10-4-3-7-15-10)13-9-5-6-12-11(9)14/h8-10,13H,2-7H2,1H3,(H,12,14). The summed E-state index contributed by atoms with van der Waals surface area (Å²) in [5.41, 5.74) is 0. The molecule has 15 heavy (non-hydrogen) atoms. The molecule has 4 nitrogen and oxygen atoms in total. The molecule has 0 saturated carbocycles. The highest BCUT2D eigenvalue weighted by atomic mass is 16.5. The zero-order valence-corrected chi connectivity index (χ0v) is 9.29. The minimum absolute atomic E-state index is 0.000787. The fraction of sp³-hybridized carbons (Fsp3) is 0.909. The number of nitrogens with one attached hydrogen (secondary N) is 2. The maximum Gasteiger partial charge on any atom is 0.237 e. The van der Waals surface area contributed by atoms with Crippen LogP contribution in [0.2, 0.25) is 0 Å². The van der Waals surface area contributed by atoms with Gasteiger partial charge in [0, 0.05) is 19.2 Å². The summed E-state index contributed by atoms with van der Waals surface area (Å²) in [6, 6.07) is 0.334. The molecule has 3 unspecified atom stereocenters. The van der Waals surface area contributed by atoms with Gasteiger partial charge in [0.25, 0.3) is 0 Å². The molecular weight excluding hydrogens is 192 g/mol. The summed E-state index contributed by atoms with van der Waals surface area (Å²) in [4.78, 5) is 11.4. The summed E-state index contributed by atoms with van der Waals surface area (Å²) in [5.74, 6) is 0.145. The molecule has 0 aromatic carbocycles. The van der Waals surface area contributed by atoms with Crippen molar-refractivity contribution < 1.29 is 9.53 Å². The highest BCUT2D eigenvalue weighted by molar-refractivity contribution is 5.83. The SMILES string of the molecule is CCC(NC1CCNC1=O)C1CCCO1. The van der Waals surface area contributed by atoms with Crippen LogP contribution in [0, 0.1) is 0 Å². The van der Waals surface area contributed by atoms with Crippen LogP contribution in [0.15, 0.2) is 0 Å². The van der Waals surface area contributed by atoms with E-state index in [4.69, 9.17) is 4.74 Å². The molecule has 0 bridgehead atoms. The van der Waals surface area contributed by atoms with Crippen LogP contribution in [0.4, 0.5) is 0 Å². The van der Waals surface area contributed by atoms with Crippen molar-refractivity contribution in [2.24, 2.45) is 0 Å². The van der Waals surface area contributed by atoms with Gasteiger partial charge in [0.1, 0.15) is 0 Å². The average Bonchev–Trinajstić information content (AvgIpc) is 2.86. The average molecular weight is 212 g/mol. The normalized spacial score (nSPS) is 33.0. The van der Waals surface area contributed by atoms with Gasteiger partial charge < -0.3 is 15.4 Å². The van der Waals surface area contributed by atoms with E-state index >= 15 is 0 Å². The van der Waals surface area contributed by atoms with E-state index < -0.39 is 0 Å². The summed E-state index contributed by atoms with van der Waals surface area (Å²) in [6.45, 7) is 3.82. The maximum atomic E-state index is 11.4. The summed E-state index contributed by atoms with van der Waals surface area (Å²) < 4.78 is 5.66. The van der Waals surface area contributed by atoms with Crippen molar-refractivity contribution in [1.29, 1.82) is 0 Å². The Bertz CT molecular complexity index is 227. The van der Waals surface area contributed by atoms with Crippen molar-refractivity contribution in [3.05, 3.63) is 0 Å². The number of carbonyl (C=O) groups excluding carboxylic acids is 1. The van der Waals surface area contributed by atoms with Crippen LogP contribution < -0.4 is 10.6 Å². The molecule has 0 aliphatic carbocycles. The fourth-order valence-electron chi connectivity index (χ4n) is 2.42. The minimum Gasteiger partial charge on any atom is -0.377 e. The minimum atomic E-state index is -0.000787. The third kappa shape index (κ3) is 2.49. The molecule has 2 saturated heterocycles. The zero-order chi connectivity index (χ0) is 10.7. The first-order valence-corrected chi connectivity index (χ1v) is 5.96. The molecule has 1 amide bonds. The first-order valence-electron chi connectivity index (χ1n) is 5.96. The van der Waals surface area contributed by atoms with E-state index in [1.165, 1.54) is 0 Å². The Morgan fingerprint density at radius 1 is 1.60 bits per heavy atom. The maximum absolute atomic E-state index is 11.4. The predicted molar refractivity (Wildman–Crippen MR) is 57.6 cm³/mol. The van der Waals surface area contributed by atoms with Crippen LogP contribution in [-0.4, -0.2) is 37.2 Å². The lowest BCUT2D eigenvalue weighted by molar-refractivity contribution is -0.121. The molecule has 3 atom stereocenters. The first-order chi connectivity index (χ1) is 7.31. The molecule has 2 aliphatic heterocycles. The Morgan fingerprint density at radius 2 is 2.47 bits per heavy atom. The zero-order valence-electron chi connectivity index (χ0n) is 9.29. The second-order valence-corrected chi connectivity index (χ2v) is 4.37. The van der Waals surface area contributed by atoms with E-state index in [1.807, 2.05) is 0 Å². The second-order valence-electron chi connectivity index (χ2n) is 4.37. The fourth-order valence-corrected chi connectivity index (χ4v) is 2.42. The topological polar surface area (TPSA) is 50.4 Å². The molecule has 2 aliphatic rings. The Morgan fingerprint density at radius 3 is 3.00 bits per heavy atom. The molecule has 2 rings (SSSR count). The van der Waals surface area contributed by atoms with Crippen molar-refractivity contribution in [3.8, 4) is 0 Å². The lowest BCUT2D eigenvalue weighted by Crippen LogP contribution is -2.47. The van der Waals surface area contributed by atoms with Crippen molar-refractivity contribution in [2.45, 2.75) is 50.8 Å². The molecule has 0 spiro atoms. The Kier molecular flexibility index (Phi) is 3.59. The van der Waals surface area contributed by atoms with E-state index in [0.717, 1.165) is 38.8 Å². The van der Waals surface area contributed by atoms with Crippen LogP contribution in [0.1, 0.15) is 32.6 Å². The van der Waals surface area contributed by atoms with Crippen LogP contribution in [-0.2, 0) is 9.53 Å². The van der Waals surface area contributed by atoms with Gasteiger partial charge in [-0.1, -0.05) is 6.92 Å². The third-order valence-electron chi connectivity index (χ3n) is 3.32. The van der Waals surface area contributed by atoms with Crippen LogP contribution in [0.5, 0.6) is 0 Å². The number of carbonyl (C=O) groups is 1. The van der Waals surface area contributed by atoms with E-state index in [1.54, 1.807) is 0 Å². The van der Waals surface area contributed by atoms with Crippen molar-refractivity contribution >= 4 is 5.91 Å². The van der Waals surface area contributed by atoms with Gasteiger partial charge in [-0.2, -0.15) is 0 Å². The van der Waals surface area contributed by atoms with Gasteiger partial charge in [0.2, 0.25) is 5.91 Å². The van der Waals surface area contributed by atoms with E-state index in [-0.39, 0.29) is 11.9 Å². The van der Waals surface area contributed by atoms with E-state index in [0.29, 0.717) is 12.1 Å². The lowest BCUT2D eigenvalue weighted by Gasteiger charge is -2.25. The highest BCUT2D eigenvalue weighted by Gasteiger charge is 2.31. The molecule has 2 N–H and O–H groups in total. The van der Waals surface area contributed by atoms with Gasteiger partial charge in [0.05, 0.1) is 12.1 Å². The van der Waals surface area contributed by atoms with Crippen molar-refractivity contribution in [2.75, 3.05) is 13.2 Å². The molecular formula is C11H20N2O2. The smallest absolute Gasteiger partial charge is 0.237 e. The Labute approximate surface area is 90.8 Å². The molecule has 86 valence electrons. The number of hydrogen-bond acceptors (Lipinski definition) is 3. The molecule has 0 aromatic heterocycles. The molecule has 4 heteroatoms. The Hall–Kier alpha value is -0.610. The van der Waals surface area contributed by atoms with Crippen LogP contribution in [0.25, 0.3) is 0 Å². The van der Waals surface area contributed by atoms with Gasteiger partial charge in [-0.15, -0.1) is 0 Å². The molecule has 2 fully saturated rings. The predicted octanol–water partition coefficient (Wildman–Crippen LogP) is 0.422. The lowest BCUT2D eigenvalue weighted by atomic mass is 10.0. The molecule has 0 aromatic rings. The highest BCUT2D eigenvalue weighted by Crippen LogP contribution is 2.18. The van der Waals surface area contributed by atoms with Gasteiger partial charge in [-0.05, 0) is 25.7 Å². The van der Waals surface area contributed by atoms with E-state index in [2.05, 4.69) is 17.6 Å². The molecule has 0 radical (unpaired) electrons. The quantitative estimate of drug-likeness (QED) is 0.710. The summed E-state index contributed by atoms with van der Waals surface area (Å²) in [6.07, 6.45) is 4.51. The van der Waals surface area contributed by atoms with Crippen LogP contribution in [0.3, 0.4) is 0 Å². The monoisotopic (exact) mass is 212 g/mol. The number of amides is 1. The Balaban J connectivity index is 1.86. The van der Waals surface area contributed by atoms with Gasteiger partial charge in [-0.3, -0.25) is 4.79 Å². The number of hydrogen-bond donors (Lipinski definition) is 2. The van der Waals surface area contributed by atoms with E-state index in [9.17, 15) is 4.79 Å². The summed E-state index contributed by atoms with van der Waals surface area (Å²) in [7, 11) is 0. The van der Waals surface area contributed by atoms with Gasteiger partial charge in [-0.25, -0.2) is 0 Å². The summed E-state index contributed by atoms with van der Waals surface area (Å²) >= 11 is 0.